The van der Waals surface area contributed by atoms with E-state index in [9.17, 15) is 4.79 Å². The molecule has 1 N–H and O–H groups in total. The highest BCUT2D eigenvalue weighted by Gasteiger charge is 2.33. The Morgan fingerprint density at radius 3 is 2.54 bits per heavy atom. The molecule has 3 unspecified atom stereocenters. The topological polar surface area (TPSA) is 49.8 Å². The zero-order valence-electron chi connectivity index (χ0n) is 13.9. The number of allylic oxidation sites excluding steroid dienone is 2. The van der Waals surface area contributed by atoms with Crippen LogP contribution in [-0.2, 0) is 11.3 Å². The molecule has 4 aliphatic rings. The van der Waals surface area contributed by atoms with Crippen molar-refractivity contribution in [2.75, 3.05) is 19.7 Å². The van der Waals surface area contributed by atoms with E-state index in [4.69, 9.17) is 9.84 Å². The van der Waals surface area contributed by atoms with E-state index >= 15 is 0 Å². The summed E-state index contributed by atoms with van der Waals surface area (Å²) in [4.78, 5) is 13.0. The third-order valence-electron chi connectivity index (χ3n) is 5.81. The summed E-state index contributed by atoms with van der Waals surface area (Å²) in [6.07, 6.45) is 8.74. The zero-order valence-corrected chi connectivity index (χ0v) is 13.9. The van der Waals surface area contributed by atoms with Crippen LogP contribution in [0.5, 0.6) is 5.75 Å². The average Bonchev–Trinajstić information content (AvgIpc) is 2.57. The van der Waals surface area contributed by atoms with E-state index in [0.717, 1.165) is 24.8 Å². The van der Waals surface area contributed by atoms with Crippen molar-refractivity contribution in [3.8, 4) is 5.75 Å². The molecule has 0 spiro atoms. The first-order valence-corrected chi connectivity index (χ1v) is 9.02. The smallest absolute Gasteiger partial charge is 0.309 e. The quantitative estimate of drug-likeness (QED) is 0.815. The normalized spacial score (nSPS) is 29.4. The summed E-state index contributed by atoms with van der Waals surface area (Å²) >= 11 is 0. The predicted octanol–water partition coefficient (Wildman–Crippen LogP) is 3.18. The van der Waals surface area contributed by atoms with Gasteiger partial charge in [-0.2, -0.15) is 0 Å². The van der Waals surface area contributed by atoms with Crippen molar-refractivity contribution in [2.24, 2.45) is 23.7 Å². The summed E-state index contributed by atoms with van der Waals surface area (Å²) in [6.45, 7) is 2.95. The summed E-state index contributed by atoms with van der Waals surface area (Å²) in [6, 6.07) is 8.27. The van der Waals surface area contributed by atoms with Gasteiger partial charge in [0.05, 0.1) is 12.5 Å². The van der Waals surface area contributed by atoms with Crippen LogP contribution in [-0.4, -0.2) is 35.7 Å². The number of rotatable bonds is 6. The third-order valence-corrected chi connectivity index (χ3v) is 5.81. The molecule has 2 bridgehead atoms. The van der Waals surface area contributed by atoms with Crippen molar-refractivity contribution in [3.05, 3.63) is 42.0 Å². The maximum absolute atomic E-state index is 10.8. The summed E-state index contributed by atoms with van der Waals surface area (Å²) in [7, 11) is 0. The van der Waals surface area contributed by atoms with Crippen molar-refractivity contribution in [2.45, 2.75) is 25.8 Å². The minimum atomic E-state index is -0.679. The number of carboxylic acids is 1. The van der Waals surface area contributed by atoms with Crippen molar-refractivity contribution < 1.29 is 14.6 Å². The number of carbonyl (C=O) groups is 1. The zero-order chi connectivity index (χ0) is 16.5. The highest BCUT2D eigenvalue weighted by Crippen LogP contribution is 2.40. The monoisotopic (exact) mass is 327 g/mol. The summed E-state index contributed by atoms with van der Waals surface area (Å²) < 4.78 is 6.02. The lowest BCUT2D eigenvalue weighted by Crippen LogP contribution is -2.49. The van der Waals surface area contributed by atoms with E-state index in [0.29, 0.717) is 24.9 Å². The van der Waals surface area contributed by atoms with Crippen molar-refractivity contribution in [1.29, 1.82) is 0 Å². The summed E-state index contributed by atoms with van der Waals surface area (Å²) in [5.41, 5.74) is 1.21. The molecule has 1 saturated heterocycles. The van der Waals surface area contributed by atoms with Crippen LogP contribution in [0.4, 0.5) is 0 Å². The molecule has 3 aliphatic carbocycles. The highest BCUT2D eigenvalue weighted by molar-refractivity contribution is 5.71. The molecule has 1 saturated carbocycles. The van der Waals surface area contributed by atoms with Crippen LogP contribution >= 0.6 is 0 Å². The minimum Gasteiger partial charge on any atom is -0.493 e. The molecule has 0 radical (unpaired) electrons. The molecule has 0 aromatic heterocycles. The lowest BCUT2D eigenvalue weighted by Gasteiger charge is -2.37. The van der Waals surface area contributed by atoms with Crippen LogP contribution in [0.15, 0.2) is 36.4 Å². The predicted molar refractivity (Wildman–Crippen MR) is 91.8 cm³/mol. The third kappa shape index (κ3) is 3.34. The Balaban J connectivity index is 1.24. The Morgan fingerprint density at radius 2 is 1.96 bits per heavy atom. The van der Waals surface area contributed by atoms with Crippen molar-refractivity contribution in [3.63, 3.8) is 0 Å². The number of hydrogen-bond donors (Lipinski definition) is 1. The molecule has 24 heavy (non-hydrogen) atoms. The van der Waals surface area contributed by atoms with E-state index in [-0.39, 0.29) is 5.92 Å². The fourth-order valence-corrected chi connectivity index (χ4v) is 4.25. The number of hydrogen-bond acceptors (Lipinski definition) is 3. The van der Waals surface area contributed by atoms with Crippen LogP contribution in [0.2, 0.25) is 0 Å². The first kappa shape index (κ1) is 15.7. The van der Waals surface area contributed by atoms with Gasteiger partial charge in [-0.15, -0.1) is 0 Å². The van der Waals surface area contributed by atoms with Gasteiger partial charge in [0.1, 0.15) is 5.75 Å². The number of likely N-dealkylation sites (tertiary alicyclic amines) is 1. The van der Waals surface area contributed by atoms with E-state index in [2.05, 4.69) is 29.2 Å². The SMILES string of the molecule is O=C(O)C1CN(Cc2ccc(OCC3CC4C=CC3CC4)cc2)C1. The standard InChI is InChI=1S/C20H25NO3/c22-20(23)18-11-21(12-18)10-15-3-7-19(8-4-15)24-13-17-9-14-1-5-16(17)6-2-14/h1,3-5,7-8,14,16-18H,2,6,9-13H2,(H,22,23). The molecule has 1 heterocycles. The van der Waals surface area contributed by atoms with Gasteiger partial charge in [-0.25, -0.2) is 0 Å². The Labute approximate surface area is 143 Å². The van der Waals surface area contributed by atoms with Gasteiger partial charge >= 0.3 is 5.97 Å². The van der Waals surface area contributed by atoms with Gasteiger partial charge in [0, 0.05) is 19.6 Å². The molecule has 4 heteroatoms. The fourth-order valence-electron chi connectivity index (χ4n) is 4.25. The Morgan fingerprint density at radius 1 is 1.17 bits per heavy atom. The first-order valence-electron chi connectivity index (χ1n) is 9.02. The van der Waals surface area contributed by atoms with Gasteiger partial charge in [-0.05, 0) is 54.7 Å². The number of nitrogens with zero attached hydrogens (tertiary/aromatic N) is 1. The van der Waals surface area contributed by atoms with Gasteiger partial charge in [0.25, 0.3) is 0 Å². The maximum Gasteiger partial charge on any atom is 0.309 e. The van der Waals surface area contributed by atoms with Crippen molar-refractivity contribution >= 4 is 5.97 Å². The second-order valence-corrected chi connectivity index (χ2v) is 7.57. The number of carboxylic acid groups (broad SMARTS) is 1. The van der Waals surface area contributed by atoms with Crippen LogP contribution < -0.4 is 4.74 Å². The largest absolute Gasteiger partial charge is 0.493 e. The molecule has 128 valence electrons. The number of benzene rings is 1. The lowest BCUT2D eigenvalue weighted by molar-refractivity contribution is -0.147. The number of fused-ring (bicyclic) bond motifs is 2. The molecule has 1 aromatic rings. The second kappa shape index (κ2) is 6.60. The summed E-state index contributed by atoms with van der Waals surface area (Å²) in [5, 5.41) is 8.91. The highest BCUT2D eigenvalue weighted by atomic mass is 16.5. The van der Waals surface area contributed by atoms with Gasteiger partial charge in [-0.3, -0.25) is 9.69 Å². The molecule has 1 aromatic carbocycles. The Hall–Kier alpha value is -1.81. The van der Waals surface area contributed by atoms with Gasteiger partial charge in [0.15, 0.2) is 0 Å². The van der Waals surface area contributed by atoms with Gasteiger partial charge < -0.3 is 9.84 Å². The second-order valence-electron chi connectivity index (χ2n) is 7.57. The molecular weight excluding hydrogens is 302 g/mol. The fraction of sp³-hybridized carbons (Fsp3) is 0.550. The van der Waals surface area contributed by atoms with Crippen LogP contribution in [0.25, 0.3) is 0 Å². The molecule has 0 amide bonds. The van der Waals surface area contributed by atoms with Crippen LogP contribution in [0.3, 0.4) is 0 Å². The van der Waals surface area contributed by atoms with E-state index < -0.39 is 5.97 Å². The van der Waals surface area contributed by atoms with Crippen LogP contribution in [0.1, 0.15) is 24.8 Å². The average molecular weight is 327 g/mol. The Bertz CT molecular complexity index is 618. The van der Waals surface area contributed by atoms with Crippen molar-refractivity contribution in [1.82, 2.24) is 4.90 Å². The van der Waals surface area contributed by atoms with E-state index in [1.807, 2.05) is 12.1 Å². The van der Waals surface area contributed by atoms with Gasteiger partial charge in [-0.1, -0.05) is 24.3 Å². The Kier molecular flexibility index (Phi) is 4.31. The van der Waals surface area contributed by atoms with Crippen LogP contribution in [0, 0.1) is 23.7 Å². The maximum atomic E-state index is 10.8. The number of aliphatic carboxylic acids is 1. The molecular formula is C20H25NO3. The lowest BCUT2D eigenvalue weighted by atomic mass is 9.69. The summed E-state index contributed by atoms with van der Waals surface area (Å²) in [5.74, 6) is 2.23. The van der Waals surface area contributed by atoms with E-state index in [1.54, 1.807) is 0 Å². The van der Waals surface area contributed by atoms with Gasteiger partial charge in [0.2, 0.25) is 0 Å². The van der Waals surface area contributed by atoms with E-state index in [1.165, 1.54) is 24.8 Å². The molecule has 4 nitrogen and oxygen atoms in total. The molecule has 3 atom stereocenters. The number of ether oxygens (including phenoxy) is 1. The molecule has 1 aliphatic heterocycles. The molecule has 2 fully saturated rings. The first-order chi connectivity index (χ1) is 11.7. The minimum absolute atomic E-state index is 0.188. The molecule has 5 rings (SSSR count).